The summed E-state index contributed by atoms with van der Waals surface area (Å²) in [5, 5.41) is 0.388. The maximum atomic E-state index is 13.4. The Hall–Kier alpha value is -3.28. The minimum absolute atomic E-state index is 0.0326. The number of ether oxygens (including phenoxy) is 1. The lowest BCUT2D eigenvalue weighted by molar-refractivity contribution is -0.137. The molecule has 0 amide bonds. The SMILES string of the molecule is COc1c(-c2ccc(C(F)(F)F)cc2)oc2c(CC=C(C)C)cc(CC=C(C)C)cc2c1=O. The Morgan fingerprint density at radius 2 is 1.58 bits per heavy atom. The summed E-state index contributed by atoms with van der Waals surface area (Å²) in [4.78, 5) is 13.4. The number of alkyl halides is 3. The van der Waals surface area contributed by atoms with E-state index in [-0.39, 0.29) is 16.9 Å². The van der Waals surface area contributed by atoms with Crippen molar-refractivity contribution in [3.8, 4) is 17.1 Å². The van der Waals surface area contributed by atoms with Gasteiger partial charge in [0.25, 0.3) is 0 Å². The minimum Gasteiger partial charge on any atom is -0.490 e. The van der Waals surface area contributed by atoms with Crippen molar-refractivity contribution in [2.75, 3.05) is 7.11 Å². The second-order valence-corrected chi connectivity index (χ2v) is 8.47. The van der Waals surface area contributed by atoms with E-state index < -0.39 is 11.7 Å². The van der Waals surface area contributed by atoms with E-state index in [4.69, 9.17) is 9.15 Å². The highest BCUT2D eigenvalue weighted by Crippen LogP contribution is 2.35. The first kappa shape index (κ1) is 24.4. The number of benzene rings is 2. The highest BCUT2D eigenvalue weighted by atomic mass is 19.4. The molecule has 0 spiro atoms. The first-order chi connectivity index (χ1) is 15.5. The van der Waals surface area contributed by atoms with Gasteiger partial charge in [-0.3, -0.25) is 4.79 Å². The lowest BCUT2D eigenvalue weighted by Gasteiger charge is -2.13. The first-order valence-corrected chi connectivity index (χ1v) is 10.6. The van der Waals surface area contributed by atoms with Crippen molar-refractivity contribution in [1.82, 2.24) is 0 Å². The number of halogens is 3. The number of hydrogen-bond acceptors (Lipinski definition) is 3. The molecule has 1 heterocycles. The molecule has 0 unspecified atom stereocenters. The molecule has 0 N–H and O–H groups in total. The molecule has 0 aliphatic carbocycles. The van der Waals surface area contributed by atoms with E-state index >= 15 is 0 Å². The molecule has 3 aromatic rings. The number of fused-ring (bicyclic) bond motifs is 1. The van der Waals surface area contributed by atoms with Crippen molar-refractivity contribution in [2.24, 2.45) is 0 Å². The fourth-order valence-corrected chi connectivity index (χ4v) is 3.51. The molecule has 3 nitrogen and oxygen atoms in total. The van der Waals surface area contributed by atoms with Crippen LogP contribution in [0.25, 0.3) is 22.3 Å². The molecule has 0 aliphatic heterocycles. The summed E-state index contributed by atoms with van der Waals surface area (Å²) in [7, 11) is 1.35. The third-order valence-electron chi connectivity index (χ3n) is 5.24. The van der Waals surface area contributed by atoms with Crippen LogP contribution in [-0.4, -0.2) is 7.11 Å². The molecule has 0 fully saturated rings. The van der Waals surface area contributed by atoms with Crippen LogP contribution in [0.3, 0.4) is 0 Å². The van der Waals surface area contributed by atoms with Gasteiger partial charge in [0.05, 0.1) is 18.1 Å². The van der Waals surface area contributed by atoms with Gasteiger partial charge in [-0.15, -0.1) is 0 Å². The van der Waals surface area contributed by atoms with E-state index in [2.05, 4.69) is 6.08 Å². The molecule has 174 valence electrons. The average Bonchev–Trinajstić information content (AvgIpc) is 2.75. The Morgan fingerprint density at radius 3 is 2.12 bits per heavy atom. The first-order valence-electron chi connectivity index (χ1n) is 10.6. The predicted molar refractivity (Wildman–Crippen MR) is 126 cm³/mol. The van der Waals surface area contributed by atoms with Gasteiger partial charge in [0.15, 0.2) is 5.76 Å². The zero-order valence-corrected chi connectivity index (χ0v) is 19.4. The molecule has 33 heavy (non-hydrogen) atoms. The smallest absolute Gasteiger partial charge is 0.416 e. The Balaban J connectivity index is 2.27. The summed E-state index contributed by atoms with van der Waals surface area (Å²) >= 11 is 0. The van der Waals surface area contributed by atoms with Crippen LogP contribution in [0.4, 0.5) is 13.2 Å². The van der Waals surface area contributed by atoms with E-state index in [1.54, 1.807) is 6.07 Å². The van der Waals surface area contributed by atoms with Gasteiger partial charge >= 0.3 is 6.18 Å². The van der Waals surface area contributed by atoms with Crippen molar-refractivity contribution in [3.05, 3.63) is 86.6 Å². The van der Waals surface area contributed by atoms with Crippen LogP contribution < -0.4 is 10.2 Å². The standard InChI is InChI=1S/C27H27F3O3/c1-16(2)6-8-18-14-20(9-7-17(3)4)24-22(15-18)23(31)26(32-5)25(33-24)19-10-12-21(13-11-19)27(28,29)30/h6-7,10-15H,8-9H2,1-5H3. The van der Waals surface area contributed by atoms with Gasteiger partial charge in [-0.2, -0.15) is 13.2 Å². The molecule has 0 aliphatic rings. The van der Waals surface area contributed by atoms with Gasteiger partial charge in [0.2, 0.25) is 11.2 Å². The van der Waals surface area contributed by atoms with Gasteiger partial charge in [-0.05, 0) is 69.9 Å². The van der Waals surface area contributed by atoms with Crippen LogP contribution in [0, 0.1) is 0 Å². The van der Waals surface area contributed by atoms with E-state index in [0.717, 1.165) is 28.8 Å². The van der Waals surface area contributed by atoms with Gasteiger partial charge in [0, 0.05) is 5.56 Å². The molecule has 0 radical (unpaired) electrons. The zero-order valence-electron chi connectivity index (χ0n) is 19.4. The fourth-order valence-electron chi connectivity index (χ4n) is 3.51. The van der Waals surface area contributed by atoms with Crippen molar-refractivity contribution in [1.29, 1.82) is 0 Å². The van der Waals surface area contributed by atoms with Crippen LogP contribution >= 0.6 is 0 Å². The molecule has 2 aromatic carbocycles. The van der Waals surface area contributed by atoms with Crippen molar-refractivity contribution in [2.45, 2.75) is 46.7 Å². The van der Waals surface area contributed by atoms with E-state index in [1.165, 1.54) is 24.8 Å². The number of rotatable bonds is 6. The summed E-state index contributed by atoms with van der Waals surface area (Å²) in [5.41, 5.74) is 3.71. The van der Waals surface area contributed by atoms with Crippen LogP contribution in [0.1, 0.15) is 44.4 Å². The molecule has 1 aromatic heterocycles. The minimum atomic E-state index is -4.45. The Labute approximate surface area is 191 Å². The van der Waals surface area contributed by atoms with Crippen molar-refractivity contribution < 1.29 is 22.3 Å². The van der Waals surface area contributed by atoms with E-state index in [1.807, 2.05) is 39.8 Å². The highest BCUT2D eigenvalue weighted by molar-refractivity contribution is 5.85. The average molecular weight is 457 g/mol. The molecular weight excluding hydrogens is 429 g/mol. The van der Waals surface area contributed by atoms with E-state index in [0.29, 0.717) is 29.4 Å². The van der Waals surface area contributed by atoms with Gasteiger partial charge in [-0.1, -0.05) is 41.5 Å². The fraction of sp³-hybridized carbons (Fsp3) is 0.296. The summed E-state index contributed by atoms with van der Waals surface area (Å²) in [6, 6.07) is 8.30. The van der Waals surface area contributed by atoms with Crippen molar-refractivity contribution in [3.63, 3.8) is 0 Å². The second-order valence-electron chi connectivity index (χ2n) is 8.47. The summed E-state index contributed by atoms with van der Waals surface area (Å²) in [6.45, 7) is 8.00. The number of allylic oxidation sites excluding steroid dienone is 4. The predicted octanol–water partition coefficient (Wildman–Crippen LogP) is 7.50. The third kappa shape index (κ3) is 5.56. The summed E-state index contributed by atoms with van der Waals surface area (Å²) in [5.74, 6) is 0.0778. The van der Waals surface area contributed by atoms with Gasteiger partial charge < -0.3 is 9.15 Å². The molecule has 6 heteroatoms. The lowest BCUT2D eigenvalue weighted by Crippen LogP contribution is -2.09. The number of methoxy groups -OCH3 is 1. The normalized spacial score (nSPS) is 11.4. The number of hydrogen-bond donors (Lipinski definition) is 0. The van der Waals surface area contributed by atoms with Crippen LogP contribution in [0.2, 0.25) is 0 Å². The Kier molecular flexibility index (Phi) is 7.15. The molecule has 0 atom stereocenters. The molecule has 0 saturated carbocycles. The van der Waals surface area contributed by atoms with Gasteiger partial charge in [0.1, 0.15) is 5.58 Å². The molecular formula is C27H27F3O3. The largest absolute Gasteiger partial charge is 0.490 e. The maximum Gasteiger partial charge on any atom is 0.416 e. The summed E-state index contributed by atoms with van der Waals surface area (Å²) in [6.07, 6.45) is 0.903. The van der Waals surface area contributed by atoms with Crippen LogP contribution in [0.5, 0.6) is 5.75 Å². The molecule has 3 rings (SSSR count). The molecule has 0 saturated heterocycles. The zero-order chi connectivity index (χ0) is 24.3. The monoisotopic (exact) mass is 456 g/mol. The van der Waals surface area contributed by atoms with Gasteiger partial charge in [-0.25, -0.2) is 0 Å². The van der Waals surface area contributed by atoms with E-state index in [9.17, 15) is 18.0 Å². The Morgan fingerprint density at radius 1 is 0.970 bits per heavy atom. The second kappa shape index (κ2) is 9.69. The Bertz CT molecular complexity index is 1270. The third-order valence-corrected chi connectivity index (χ3v) is 5.24. The lowest BCUT2D eigenvalue weighted by atomic mass is 9.99. The topological polar surface area (TPSA) is 39.4 Å². The molecule has 0 bridgehead atoms. The highest BCUT2D eigenvalue weighted by Gasteiger charge is 2.30. The quantitative estimate of drug-likeness (QED) is 0.361. The van der Waals surface area contributed by atoms with Crippen LogP contribution in [0.15, 0.2) is 68.9 Å². The van der Waals surface area contributed by atoms with Crippen LogP contribution in [-0.2, 0) is 19.0 Å². The summed E-state index contributed by atoms with van der Waals surface area (Å²) < 4.78 is 50.5. The van der Waals surface area contributed by atoms with Crippen molar-refractivity contribution >= 4 is 11.0 Å². The maximum absolute atomic E-state index is 13.4.